The lowest BCUT2D eigenvalue weighted by atomic mass is 9.78. The summed E-state index contributed by atoms with van der Waals surface area (Å²) in [7, 11) is 0. The molecule has 0 aromatic carbocycles. The van der Waals surface area contributed by atoms with Gasteiger partial charge in [0, 0.05) is 19.5 Å². The van der Waals surface area contributed by atoms with Crippen LogP contribution in [0.4, 0.5) is 0 Å². The molecule has 2 fully saturated rings. The summed E-state index contributed by atoms with van der Waals surface area (Å²) in [6.07, 6.45) is 2.22. The van der Waals surface area contributed by atoms with Gasteiger partial charge in [0.1, 0.15) is 6.04 Å². The van der Waals surface area contributed by atoms with Gasteiger partial charge in [-0.2, -0.15) is 0 Å². The molecule has 0 aromatic rings. The van der Waals surface area contributed by atoms with E-state index in [1.54, 1.807) is 0 Å². The molecule has 2 amide bonds. The van der Waals surface area contributed by atoms with Gasteiger partial charge in [-0.1, -0.05) is 20.8 Å². The summed E-state index contributed by atoms with van der Waals surface area (Å²) in [5, 5.41) is 2.76. The summed E-state index contributed by atoms with van der Waals surface area (Å²) < 4.78 is 0. The zero-order valence-corrected chi connectivity index (χ0v) is 11.0. The summed E-state index contributed by atoms with van der Waals surface area (Å²) in [4.78, 5) is 25.3. The van der Waals surface area contributed by atoms with Crippen molar-refractivity contribution in [3.05, 3.63) is 0 Å². The van der Waals surface area contributed by atoms with Crippen LogP contribution in [-0.2, 0) is 9.59 Å². The van der Waals surface area contributed by atoms with E-state index in [9.17, 15) is 9.59 Å². The van der Waals surface area contributed by atoms with E-state index in [2.05, 4.69) is 26.1 Å². The van der Waals surface area contributed by atoms with Crippen LogP contribution in [0.2, 0.25) is 0 Å². The number of carbonyl (C=O) groups is 2. The molecule has 2 atom stereocenters. The molecule has 2 aliphatic heterocycles. The fourth-order valence-electron chi connectivity index (χ4n) is 2.66. The molecule has 17 heavy (non-hydrogen) atoms. The topological polar surface area (TPSA) is 49.4 Å². The maximum Gasteiger partial charge on any atom is 0.245 e. The summed E-state index contributed by atoms with van der Waals surface area (Å²) in [5.41, 5.74) is 0.234. The molecule has 4 heteroatoms. The van der Waals surface area contributed by atoms with Crippen LogP contribution in [0.1, 0.15) is 40.0 Å². The molecule has 2 heterocycles. The van der Waals surface area contributed by atoms with Gasteiger partial charge in [0.05, 0.1) is 0 Å². The number of hydrogen-bond acceptors (Lipinski definition) is 2. The average molecular weight is 238 g/mol. The van der Waals surface area contributed by atoms with Crippen molar-refractivity contribution in [2.75, 3.05) is 13.1 Å². The molecule has 2 saturated heterocycles. The Morgan fingerprint density at radius 1 is 1.53 bits per heavy atom. The second-order valence-corrected chi connectivity index (χ2v) is 5.98. The number of likely N-dealkylation sites (tertiary alicyclic amines) is 1. The Morgan fingerprint density at radius 2 is 2.24 bits per heavy atom. The van der Waals surface area contributed by atoms with Crippen LogP contribution < -0.4 is 5.32 Å². The van der Waals surface area contributed by atoms with Crippen LogP contribution in [0.3, 0.4) is 0 Å². The minimum Gasteiger partial charge on any atom is -0.344 e. The van der Waals surface area contributed by atoms with Crippen molar-refractivity contribution in [2.45, 2.75) is 46.1 Å². The maximum atomic E-state index is 12.2. The Kier molecular flexibility index (Phi) is 3.15. The molecule has 0 bridgehead atoms. The number of nitrogens with one attached hydrogen (secondary N) is 1. The van der Waals surface area contributed by atoms with Crippen LogP contribution >= 0.6 is 0 Å². The van der Waals surface area contributed by atoms with Crippen molar-refractivity contribution >= 4 is 11.8 Å². The monoisotopic (exact) mass is 238 g/mol. The minimum atomic E-state index is -0.267. The quantitative estimate of drug-likeness (QED) is 0.785. The van der Waals surface area contributed by atoms with E-state index in [-0.39, 0.29) is 23.3 Å². The third kappa shape index (κ3) is 2.31. The summed E-state index contributed by atoms with van der Waals surface area (Å²) in [6, 6.07) is -0.267. The molecule has 2 rings (SSSR count). The van der Waals surface area contributed by atoms with Crippen molar-refractivity contribution in [1.29, 1.82) is 0 Å². The first-order chi connectivity index (χ1) is 7.92. The minimum absolute atomic E-state index is 0.00849. The smallest absolute Gasteiger partial charge is 0.245 e. The second-order valence-electron chi connectivity index (χ2n) is 5.98. The molecule has 4 nitrogen and oxygen atoms in total. The van der Waals surface area contributed by atoms with Crippen LogP contribution in [0, 0.1) is 11.3 Å². The first kappa shape index (κ1) is 12.4. The van der Waals surface area contributed by atoms with Gasteiger partial charge in [0.25, 0.3) is 0 Å². The lowest BCUT2D eigenvalue weighted by Gasteiger charge is -2.29. The van der Waals surface area contributed by atoms with Gasteiger partial charge in [-0.25, -0.2) is 0 Å². The van der Waals surface area contributed by atoms with E-state index in [4.69, 9.17) is 0 Å². The maximum absolute atomic E-state index is 12.2. The Hall–Kier alpha value is -1.06. The summed E-state index contributed by atoms with van der Waals surface area (Å²) >= 11 is 0. The zero-order chi connectivity index (χ0) is 12.6. The number of rotatable bonds is 2. The summed E-state index contributed by atoms with van der Waals surface area (Å²) in [6.45, 7) is 8.34. The van der Waals surface area contributed by atoms with Gasteiger partial charge in [0.2, 0.25) is 11.8 Å². The highest BCUT2D eigenvalue weighted by Gasteiger charge is 2.41. The number of carbonyl (C=O) groups excluding carboxylic acids is 2. The number of hydrogen-bond donors (Lipinski definition) is 1. The van der Waals surface area contributed by atoms with Crippen LogP contribution in [-0.4, -0.2) is 35.8 Å². The van der Waals surface area contributed by atoms with Crippen molar-refractivity contribution in [2.24, 2.45) is 11.3 Å². The molecule has 2 aliphatic rings. The highest BCUT2D eigenvalue weighted by Crippen LogP contribution is 2.37. The second kappa shape index (κ2) is 4.31. The first-order valence-corrected chi connectivity index (χ1v) is 6.50. The fraction of sp³-hybridized carbons (Fsp3) is 0.846. The number of amides is 2. The zero-order valence-electron chi connectivity index (χ0n) is 11.0. The molecular formula is C13H22N2O2. The third-order valence-corrected chi connectivity index (χ3v) is 4.50. The molecule has 0 saturated carbocycles. The molecule has 96 valence electrons. The lowest BCUT2D eigenvalue weighted by molar-refractivity contribution is -0.133. The van der Waals surface area contributed by atoms with Gasteiger partial charge in [-0.3, -0.25) is 9.59 Å². The SMILES string of the molecule is CC(C)[C@@]1(C)CCN(C(=O)[C@H]2CCC(=O)N2)C1. The Morgan fingerprint density at radius 3 is 2.71 bits per heavy atom. The van der Waals surface area contributed by atoms with Crippen LogP contribution in [0.5, 0.6) is 0 Å². The predicted octanol–water partition coefficient (Wildman–Crippen LogP) is 1.16. The molecule has 0 aromatic heterocycles. The fourth-order valence-corrected chi connectivity index (χ4v) is 2.66. The predicted molar refractivity (Wildman–Crippen MR) is 65.3 cm³/mol. The highest BCUT2D eigenvalue weighted by atomic mass is 16.2. The highest BCUT2D eigenvalue weighted by molar-refractivity contribution is 5.90. The van der Waals surface area contributed by atoms with Crippen LogP contribution in [0.15, 0.2) is 0 Å². The first-order valence-electron chi connectivity index (χ1n) is 6.50. The van der Waals surface area contributed by atoms with Crippen molar-refractivity contribution in [1.82, 2.24) is 10.2 Å². The lowest BCUT2D eigenvalue weighted by Crippen LogP contribution is -2.44. The van der Waals surface area contributed by atoms with E-state index in [1.807, 2.05) is 4.90 Å². The van der Waals surface area contributed by atoms with E-state index < -0.39 is 0 Å². The van der Waals surface area contributed by atoms with E-state index in [0.717, 1.165) is 19.5 Å². The third-order valence-electron chi connectivity index (χ3n) is 4.50. The molecule has 0 aliphatic carbocycles. The summed E-state index contributed by atoms with van der Waals surface area (Å²) in [5.74, 6) is 0.702. The van der Waals surface area contributed by atoms with Crippen molar-refractivity contribution in [3.8, 4) is 0 Å². The Balaban J connectivity index is 1.97. The molecule has 0 radical (unpaired) electrons. The molecule has 1 N–H and O–H groups in total. The number of nitrogens with zero attached hydrogens (tertiary/aromatic N) is 1. The van der Waals surface area contributed by atoms with Gasteiger partial charge in [0.15, 0.2) is 0 Å². The average Bonchev–Trinajstić information content (AvgIpc) is 2.85. The largest absolute Gasteiger partial charge is 0.344 e. The van der Waals surface area contributed by atoms with Crippen molar-refractivity contribution in [3.63, 3.8) is 0 Å². The van der Waals surface area contributed by atoms with E-state index in [0.29, 0.717) is 18.8 Å². The Bertz CT molecular complexity index is 340. The van der Waals surface area contributed by atoms with Crippen molar-refractivity contribution < 1.29 is 9.59 Å². The van der Waals surface area contributed by atoms with Gasteiger partial charge < -0.3 is 10.2 Å². The van der Waals surface area contributed by atoms with Gasteiger partial charge in [-0.15, -0.1) is 0 Å². The molecule has 0 unspecified atom stereocenters. The standard InChI is InChI=1S/C13H22N2O2/c1-9(2)13(3)6-7-15(8-13)12(17)10-4-5-11(16)14-10/h9-10H,4-8H2,1-3H3,(H,14,16)/t10-,13+/m1/s1. The molecule has 0 spiro atoms. The Labute approximate surface area is 103 Å². The van der Waals surface area contributed by atoms with Gasteiger partial charge in [-0.05, 0) is 24.2 Å². The van der Waals surface area contributed by atoms with E-state index >= 15 is 0 Å². The van der Waals surface area contributed by atoms with Crippen LogP contribution in [0.25, 0.3) is 0 Å². The van der Waals surface area contributed by atoms with E-state index in [1.165, 1.54) is 0 Å². The molecular weight excluding hydrogens is 216 g/mol. The van der Waals surface area contributed by atoms with Gasteiger partial charge >= 0.3 is 0 Å². The normalized spacial score (nSPS) is 33.3.